The van der Waals surface area contributed by atoms with Gasteiger partial charge in [0.25, 0.3) is 5.91 Å². The Morgan fingerprint density at radius 3 is 2.47 bits per heavy atom. The van der Waals surface area contributed by atoms with Crippen molar-refractivity contribution >= 4 is 23.5 Å². The summed E-state index contributed by atoms with van der Waals surface area (Å²) < 4.78 is 0. The summed E-state index contributed by atoms with van der Waals surface area (Å²) in [4.78, 5) is 39.0. The number of hydrogen-bond acceptors (Lipinski definition) is 4. The summed E-state index contributed by atoms with van der Waals surface area (Å²) in [5, 5.41) is 14.3. The van der Waals surface area contributed by atoms with E-state index in [1.165, 1.54) is 0 Å². The van der Waals surface area contributed by atoms with Crippen LogP contribution in [0.4, 0.5) is 10.5 Å². The minimum Gasteiger partial charge on any atom is -0.325 e. The lowest BCUT2D eigenvalue weighted by Crippen LogP contribution is -2.51. The first-order valence-corrected chi connectivity index (χ1v) is 10.6. The standard InChI is InChI=1S/C23H30N4O3/c1-4-22(2,3)17-9-12-23(13-10-17)20(29)27(21(30)26-23)15-19(28)25-18-7-5-16(6-8-18)11-14-24/h5-8,17H,4,9-13,15H2,1-3H3,(H,25,28)(H,26,30). The van der Waals surface area contributed by atoms with Crippen LogP contribution >= 0.6 is 0 Å². The summed E-state index contributed by atoms with van der Waals surface area (Å²) in [6.45, 7) is 6.39. The molecule has 7 heteroatoms. The van der Waals surface area contributed by atoms with E-state index in [4.69, 9.17) is 5.26 Å². The summed E-state index contributed by atoms with van der Waals surface area (Å²) in [7, 11) is 0. The number of hydrogen-bond donors (Lipinski definition) is 2. The molecule has 3 rings (SSSR count). The van der Waals surface area contributed by atoms with Crippen molar-refractivity contribution < 1.29 is 14.4 Å². The third-order valence-electron chi connectivity index (χ3n) is 6.92. The highest BCUT2D eigenvalue weighted by Gasteiger charge is 2.53. The van der Waals surface area contributed by atoms with Gasteiger partial charge < -0.3 is 10.6 Å². The van der Waals surface area contributed by atoms with Crippen molar-refractivity contribution in [3.8, 4) is 6.07 Å². The minimum atomic E-state index is -0.864. The number of rotatable bonds is 6. The van der Waals surface area contributed by atoms with Crippen molar-refractivity contribution in [3.05, 3.63) is 29.8 Å². The lowest BCUT2D eigenvalue weighted by atomic mass is 9.65. The molecule has 160 valence electrons. The predicted molar refractivity (Wildman–Crippen MR) is 113 cm³/mol. The predicted octanol–water partition coefficient (Wildman–Crippen LogP) is 3.61. The van der Waals surface area contributed by atoms with Gasteiger partial charge in [0.05, 0.1) is 12.5 Å². The summed E-state index contributed by atoms with van der Waals surface area (Å²) in [5.74, 6) is -0.191. The monoisotopic (exact) mass is 410 g/mol. The molecule has 2 fully saturated rings. The Balaban J connectivity index is 1.60. The number of anilines is 1. The SMILES string of the molecule is CCC(C)(C)C1CCC2(CC1)NC(=O)N(CC(=O)Nc1ccc(CC#N)cc1)C2=O. The van der Waals surface area contributed by atoms with Crippen LogP contribution in [0.1, 0.15) is 58.4 Å². The van der Waals surface area contributed by atoms with Gasteiger partial charge in [-0.2, -0.15) is 5.26 Å². The van der Waals surface area contributed by atoms with E-state index in [1.807, 2.05) is 0 Å². The maximum atomic E-state index is 13.1. The number of benzene rings is 1. The van der Waals surface area contributed by atoms with Crippen molar-refractivity contribution in [2.24, 2.45) is 11.3 Å². The fourth-order valence-corrected chi connectivity index (χ4v) is 4.48. The van der Waals surface area contributed by atoms with Crippen molar-refractivity contribution in [1.29, 1.82) is 5.26 Å². The third kappa shape index (κ3) is 4.33. The van der Waals surface area contributed by atoms with Gasteiger partial charge in [0.2, 0.25) is 5.91 Å². The molecule has 1 saturated carbocycles. The summed E-state index contributed by atoms with van der Waals surface area (Å²) >= 11 is 0. The highest BCUT2D eigenvalue weighted by atomic mass is 16.2. The maximum Gasteiger partial charge on any atom is 0.325 e. The van der Waals surface area contributed by atoms with Gasteiger partial charge >= 0.3 is 6.03 Å². The quantitative estimate of drug-likeness (QED) is 0.699. The van der Waals surface area contributed by atoms with E-state index in [-0.39, 0.29) is 17.9 Å². The zero-order valence-electron chi connectivity index (χ0n) is 18.0. The number of nitriles is 1. The van der Waals surface area contributed by atoms with Crippen molar-refractivity contribution in [3.63, 3.8) is 0 Å². The first kappa shape index (κ1) is 21.8. The molecule has 0 radical (unpaired) electrons. The second-order valence-corrected chi connectivity index (χ2v) is 9.10. The Hall–Kier alpha value is -2.88. The molecule has 1 aromatic carbocycles. The van der Waals surface area contributed by atoms with Gasteiger partial charge in [0, 0.05) is 5.69 Å². The minimum absolute atomic E-state index is 0.218. The molecule has 2 aliphatic rings. The van der Waals surface area contributed by atoms with Crippen LogP contribution in [0.15, 0.2) is 24.3 Å². The molecule has 0 bridgehead atoms. The molecule has 0 aromatic heterocycles. The highest BCUT2D eigenvalue weighted by Crippen LogP contribution is 2.45. The van der Waals surface area contributed by atoms with E-state index < -0.39 is 17.5 Å². The molecule has 1 saturated heterocycles. The Bertz CT molecular complexity index is 861. The van der Waals surface area contributed by atoms with Gasteiger partial charge in [0.15, 0.2) is 0 Å². The molecule has 7 nitrogen and oxygen atoms in total. The average Bonchev–Trinajstić information content (AvgIpc) is 2.94. The number of carbonyl (C=O) groups excluding carboxylic acids is 3. The van der Waals surface area contributed by atoms with Gasteiger partial charge in [-0.3, -0.25) is 14.5 Å². The Morgan fingerprint density at radius 2 is 1.90 bits per heavy atom. The molecule has 1 aliphatic carbocycles. The lowest BCUT2D eigenvalue weighted by Gasteiger charge is -2.42. The first-order chi connectivity index (χ1) is 14.2. The Labute approximate surface area is 177 Å². The number of urea groups is 1. The average molecular weight is 411 g/mol. The van der Waals surface area contributed by atoms with Crippen LogP contribution in [-0.4, -0.2) is 34.8 Å². The van der Waals surface area contributed by atoms with E-state index in [1.54, 1.807) is 24.3 Å². The summed E-state index contributed by atoms with van der Waals surface area (Å²) in [5.41, 5.74) is 0.769. The molecular weight excluding hydrogens is 380 g/mol. The van der Waals surface area contributed by atoms with E-state index in [9.17, 15) is 14.4 Å². The van der Waals surface area contributed by atoms with Crippen molar-refractivity contribution in [1.82, 2.24) is 10.2 Å². The van der Waals surface area contributed by atoms with Crippen LogP contribution in [0.2, 0.25) is 0 Å². The third-order valence-corrected chi connectivity index (χ3v) is 6.92. The summed E-state index contributed by atoms with van der Waals surface area (Å²) in [6, 6.07) is 8.51. The molecular formula is C23H30N4O3. The number of nitrogens with zero attached hydrogens (tertiary/aromatic N) is 2. The van der Waals surface area contributed by atoms with Gasteiger partial charge in [0.1, 0.15) is 12.1 Å². The molecule has 1 aromatic rings. The van der Waals surface area contributed by atoms with Gasteiger partial charge in [-0.1, -0.05) is 39.3 Å². The lowest BCUT2D eigenvalue weighted by molar-refractivity contribution is -0.135. The second kappa shape index (κ2) is 8.47. The van der Waals surface area contributed by atoms with Crippen LogP contribution in [0.3, 0.4) is 0 Å². The largest absolute Gasteiger partial charge is 0.325 e. The normalized spacial score (nSPS) is 23.9. The topological polar surface area (TPSA) is 102 Å². The van der Waals surface area contributed by atoms with Crippen LogP contribution < -0.4 is 10.6 Å². The zero-order chi connectivity index (χ0) is 21.9. The number of imide groups is 1. The molecule has 0 unspecified atom stereocenters. The number of amides is 4. The van der Waals surface area contributed by atoms with Gasteiger partial charge in [-0.15, -0.1) is 0 Å². The fourth-order valence-electron chi connectivity index (χ4n) is 4.48. The second-order valence-electron chi connectivity index (χ2n) is 9.10. The van der Waals surface area contributed by atoms with E-state index in [0.717, 1.165) is 29.7 Å². The molecule has 30 heavy (non-hydrogen) atoms. The van der Waals surface area contributed by atoms with E-state index in [2.05, 4.69) is 37.5 Å². The Morgan fingerprint density at radius 1 is 1.27 bits per heavy atom. The molecule has 2 N–H and O–H groups in total. The van der Waals surface area contributed by atoms with Crippen molar-refractivity contribution in [2.75, 3.05) is 11.9 Å². The summed E-state index contributed by atoms with van der Waals surface area (Å²) in [6.07, 6.45) is 4.39. The van der Waals surface area contributed by atoms with Gasteiger partial charge in [-0.25, -0.2) is 4.79 Å². The zero-order valence-corrected chi connectivity index (χ0v) is 18.0. The number of nitrogens with one attached hydrogen (secondary N) is 2. The van der Waals surface area contributed by atoms with Crippen LogP contribution in [0.25, 0.3) is 0 Å². The molecule has 1 aliphatic heterocycles. The molecule has 1 spiro atoms. The molecule has 4 amide bonds. The van der Waals surface area contributed by atoms with Crippen LogP contribution in [-0.2, 0) is 16.0 Å². The fraction of sp³-hybridized carbons (Fsp3) is 0.565. The Kier molecular flexibility index (Phi) is 6.16. The molecule has 0 atom stereocenters. The number of carbonyl (C=O) groups is 3. The van der Waals surface area contributed by atoms with Crippen LogP contribution in [0, 0.1) is 22.7 Å². The molecule has 1 heterocycles. The van der Waals surface area contributed by atoms with E-state index in [0.29, 0.717) is 30.9 Å². The first-order valence-electron chi connectivity index (χ1n) is 10.6. The van der Waals surface area contributed by atoms with Crippen molar-refractivity contribution in [2.45, 2.75) is 64.8 Å². The highest BCUT2D eigenvalue weighted by molar-refractivity contribution is 6.10. The van der Waals surface area contributed by atoms with E-state index >= 15 is 0 Å². The maximum absolute atomic E-state index is 13.1. The van der Waals surface area contributed by atoms with Crippen LogP contribution in [0.5, 0.6) is 0 Å². The van der Waals surface area contributed by atoms with Gasteiger partial charge in [-0.05, 0) is 54.7 Å². The smallest absolute Gasteiger partial charge is 0.325 e.